The van der Waals surface area contributed by atoms with Crippen LogP contribution in [0, 0.1) is 0 Å². The van der Waals surface area contributed by atoms with E-state index in [1.807, 2.05) is 11.4 Å². The van der Waals surface area contributed by atoms with Crippen LogP contribution in [0.3, 0.4) is 0 Å². The van der Waals surface area contributed by atoms with Crippen molar-refractivity contribution < 1.29 is 0 Å². The van der Waals surface area contributed by atoms with Crippen LogP contribution in [0.2, 0.25) is 0 Å². The first-order valence-electron chi connectivity index (χ1n) is 5.68. The van der Waals surface area contributed by atoms with Crippen LogP contribution >= 0.6 is 11.3 Å². The highest BCUT2D eigenvalue weighted by atomic mass is 32.1. The summed E-state index contributed by atoms with van der Waals surface area (Å²) in [6, 6.07) is 4.07. The molecule has 0 aromatic carbocycles. The maximum atomic E-state index is 5.50. The maximum Gasteiger partial charge on any atom is 0.183 e. The quantitative estimate of drug-likeness (QED) is 0.764. The molecule has 3 aromatic heterocycles. The van der Waals surface area contributed by atoms with Gasteiger partial charge in [-0.25, -0.2) is 4.68 Å². The van der Waals surface area contributed by atoms with Gasteiger partial charge in [-0.05, 0) is 40.9 Å². The van der Waals surface area contributed by atoms with Crippen LogP contribution in [-0.4, -0.2) is 31.7 Å². The summed E-state index contributed by atoms with van der Waals surface area (Å²) in [7, 11) is 0. The number of aromatic nitrogens is 5. The third-order valence-electron chi connectivity index (χ3n) is 2.67. The van der Waals surface area contributed by atoms with Crippen LogP contribution < -0.4 is 5.73 Å². The molecular formula is C11H12N6S. The third kappa shape index (κ3) is 1.98. The lowest BCUT2D eigenvalue weighted by molar-refractivity contribution is 0.568. The van der Waals surface area contributed by atoms with E-state index in [0.29, 0.717) is 6.54 Å². The molecule has 0 aliphatic heterocycles. The lowest BCUT2D eigenvalue weighted by Gasteiger charge is -2.03. The second-order valence-electron chi connectivity index (χ2n) is 3.90. The second-order valence-corrected chi connectivity index (χ2v) is 4.84. The molecule has 3 heterocycles. The second kappa shape index (κ2) is 4.79. The molecule has 92 valence electrons. The lowest BCUT2D eigenvalue weighted by Crippen LogP contribution is -2.08. The van der Waals surface area contributed by atoms with Gasteiger partial charge in [0.2, 0.25) is 0 Å². The molecule has 0 radical (unpaired) electrons. The number of hydrogen-bond donors (Lipinski definition) is 1. The van der Waals surface area contributed by atoms with Gasteiger partial charge in [0.05, 0.1) is 10.2 Å². The molecule has 6 nitrogen and oxygen atoms in total. The van der Waals surface area contributed by atoms with Crippen molar-refractivity contribution in [2.45, 2.75) is 13.0 Å². The molecule has 0 saturated carbocycles. The largest absolute Gasteiger partial charge is 0.330 e. The van der Waals surface area contributed by atoms with Crippen molar-refractivity contribution in [1.29, 1.82) is 0 Å². The molecule has 18 heavy (non-hydrogen) atoms. The molecule has 3 aromatic rings. The van der Waals surface area contributed by atoms with Gasteiger partial charge in [0.25, 0.3) is 0 Å². The SMILES string of the molecule is NCCCn1nnnc1-c1cnc2ccsc2c1. The molecular weight excluding hydrogens is 248 g/mol. The van der Waals surface area contributed by atoms with Gasteiger partial charge in [0.15, 0.2) is 5.82 Å². The first-order valence-corrected chi connectivity index (χ1v) is 6.56. The number of tetrazole rings is 1. The molecule has 0 aliphatic rings. The summed E-state index contributed by atoms with van der Waals surface area (Å²) in [5.74, 6) is 0.742. The molecule has 0 bridgehead atoms. The summed E-state index contributed by atoms with van der Waals surface area (Å²) in [6.45, 7) is 1.35. The van der Waals surface area contributed by atoms with Gasteiger partial charge in [-0.2, -0.15) is 0 Å². The fraction of sp³-hybridized carbons (Fsp3) is 0.273. The van der Waals surface area contributed by atoms with E-state index in [0.717, 1.165) is 34.6 Å². The number of aryl methyl sites for hydroxylation is 1. The minimum atomic E-state index is 0.626. The molecule has 0 fully saturated rings. The van der Waals surface area contributed by atoms with Crippen LogP contribution in [-0.2, 0) is 6.54 Å². The number of nitrogens with two attached hydrogens (primary N) is 1. The van der Waals surface area contributed by atoms with Gasteiger partial charge in [-0.15, -0.1) is 16.4 Å². The van der Waals surface area contributed by atoms with Crippen molar-refractivity contribution in [3.8, 4) is 11.4 Å². The Morgan fingerprint density at radius 1 is 1.39 bits per heavy atom. The highest BCUT2D eigenvalue weighted by Crippen LogP contribution is 2.24. The van der Waals surface area contributed by atoms with Crippen LogP contribution in [0.1, 0.15) is 6.42 Å². The normalized spacial score (nSPS) is 11.2. The molecule has 7 heteroatoms. The van der Waals surface area contributed by atoms with Crippen molar-refractivity contribution in [2.75, 3.05) is 6.54 Å². The van der Waals surface area contributed by atoms with Gasteiger partial charge in [-0.3, -0.25) is 4.98 Å². The Labute approximate surface area is 107 Å². The first-order chi connectivity index (χ1) is 8.88. The zero-order valence-corrected chi connectivity index (χ0v) is 10.5. The molecule has 0 aliphatic carbocycles. The molecule has 0 atom stereocenters. The third-order valence-corrected chi connectivity index (χ3v) is 3.52. The van der Waals surface area contributed by atoms with E-state index in [9.17, 15) is 0 Å². The Morgan fingerprint density at radius 2 is 2.33 bits per heavy atom. The van der Waals surface area contributed by atoms with Crippen molar-refractivity contribution in [2.24, 2.45) is 5.73 Å². The predicted octanol–water partition coefficient (Wildman–Crippen LogP) is 1.30. The van der Waals surface area contributed by atoms with Crippen molar-refractivity contribution in [3.05, 3.63) is 23.7 Å². The fourth-order valence-electron chi connectivity index (χ4n) is 1.77. The lowest BCUT2D eigenvalue weighted by atomic mass is 10.2. The molecule has 0 saturated heterocycles. The topological polar surface area (TPSA) is 82.5 Å². The first kappa shape index (κ1) is 11.2. The summed E-state index contributed by atoms with van der Waals surface area (Å²) in [4.78, 5) is 4.40. The zero-order chi connectivity index (χ0) is 12.4. The monoisotopic (exact) mass is 260 g/mol. The standard InChI is InChI=1S/C11H12N6S/c12-3-1-4-17-11(14-15-16-17)8-6-10-9(13-7-8)2-5-18-10/h2,5-7H,1,3-4,12H2. The van der Waals surface area contributed by atoms with E-state index in [1.165, 1.54) is 0 Å². The van der Waals surface area contributed by atoms with Crippen molar-refractivity contribution in [1.82, 2.24) is 25.2 Å². The maximum absolute atomic E-state index is 5.50. The van der Waals surface area contributed by atoms with E-state index >= 15 is 0 Å². The van der Waals surface area contributed by atoms with Gasteiger partial charge >= 0.3 is 0 Å². The Bertz CT molecular complexity index is 658. The van der Waals surface area contributed by atoms with Gasteiger partial charge in [0, 0.05) is 18.3 Å². The summed E-state index contributed by atoms with van der Waals surface area (Å²) >= 11 is 1.66. The van der Waals surface area contributed by atoms with E-state index in [4.69, 9.17) is 5.73 Å². The summed E-state index contributed by atoms with van der Waals surface area (Å²) in [5.41, 5.74) is 7.44. The number of thiophene rings is 1. The molecule has 0 unspecified atom stereocenters. The fourth-order valence-corrected chi connectivity index (χ4v) is 2.55. The molecule has 0 amide bonds. The smallest absolute Gasteiger partial charge is 0.183 e. The number of pyridine rings is 1. The van der Waals surface area contributed by atoms with Gasteiger partial charge < -0.3 is 5.73 Å². The Morgan fingerprint density at radius 3 is 3.22 bits per heavy atom. The zero-order valence-electron chi connectivity index (χ0n) is 9.65. The van der Waals surface area contributed by atoms with Gasteiger partial charge in [-0.1, -0.05) is 0 Å². The summed E-state index contributed by atoms with van der Waals surface area (Å²) < 4.78 is 2.91. The van der Waals surface area contributed by atoms with Gasteiger partial charge in [0.1, 0.15) is 0 Å². The van der Waals surface area contributed by atoms with Crippen molar-refractivity contribution >= 4 is 21.6 Å². The average molecular weight is 260 g/mol. The minimum absolute atomic E-state index is 0.626. The van der Waals surface area contributed by atoms with E-state index in [1.54, 1.807) is 22.2 Å². The predicted molar refractivity (Wildman–Crippen MR) is 70.1 cm³/mol. The number of fused-ring (bicyclic) bond motifs is 1. The van der Waals surface area contributed by atoms with E-state index < -0.39 is 0 Å². The van der Waals surface area contributed by atoms with Crippen LogP contribution in [0.25, 0.3) is 21.6 Å². The Balaban J connectivity index is 2.00. The minimum Gasteiger partial charge on any atom is -0.330 e. The van der Waals surface area contributed by atoms with E-state index in [2.05, 4.69) is 26.6 Å². The highest BCUT2D eigenvalue weighted by molar-refractivity contribution is 7.17. The van der Waals surface area contributed by atoms with E-state index in [-0.39, 0.29) is 0 Å². The summed E-state index contributed by atoms with van der Waals surface area (Å²) in [5, 5.41) is 13.8. The number of rotatable bonds is 4. The molecule has 3 rings (SSSR count). The number of nitrogens with zero attached hydrogens (tertiary/aromatic N) is 5. The van der Waals surface area contributed by atoms with Crippen LogP contribution in [0.5, 0.6) is 0 Å². The van der Waals surface area contributed by atoms with Crippen LogP contribution in [0.15, 0.2) is 23.7 Å². The Hall–Kier alpha value is -1.86. The summed E-state index contributed by atoms with van der Waals surface area (Å²) in [6.07, 6.45) is 2.66. The Kier molecular flexibility index (Phi) is 2.99. The van der Waals surface area contributed by atoms with Crippen LogP contribution in [0.4, 0.5) is 0 Å². The van der Waals surface area contributed by atoms with Crippen molar-refractivity contribution in [3.63, 3.8) is 0 Å². The highest BCUT2D eigenvalue weighted by Gasteiger charge is 2.10. The average Bonchev–Trinajstić information content (AvgIpc) is 3.03. The molecule has 0 spiro atoms. The molecule has 2 N–H and O–H groups in total. The number of hydrogen-bond acceptors (Lipinski definition) is 6.